The topological polar surface area (TPSA) is 86.8 Å². The van der Waals surface area contributed by atoms with Crippen molar-refractivity contribution in [2.75, 3.05) is 20.3 Å². The van der Waals surface area contributed by atoms with Crippen LogP contribution in [0.3, 0.4) is 0 Å². The van der Waals surface area contributed by atoms with Crippen LogP contribution < -0.4 is 10.1 Å². The molecule has 1 N–H and O–H groups in total. The predicted octanol–water partition coefficient (Wildman–Crippen LogP) is 3.23. The Labute approximate surface area is 171 Å². The number of pyridine rings is 1. The molecule has 0 fully saturated rings. The summed E-state index contributed by atoms with van der Waals surface area (Å²) in [5, 5.41) is 2.69. The first kappa shape index (κ1) is 22.4. The maximum absolute atomic E-state index is 12.6. The summed E-state index contributed by atoms with van der Waals surface area (Å²) in [6.07, 6.45) is 1.40. The number of carbonyl (C=O) groups excluding carboxylic acids is 2. The van der Waals surface area contributed by atoms with Crippen molar-refractivity contribution >= 4 is 11.9 Å². The molecule has 0 saturated heterocycles. The van der Waals surface area contributed by atoms with E-state index in [1.54, 1.807) is 24.3 Å². The van der Waals surface area contributed by atoms with Gasteiger partial charge in [0.05, 0.1) is 24.9 Å². The van der Waals surface area contributed by atoms with Crippen molar-refractivity contribution in [3.8, 4) is 5.88 Å². The number of hydrogen-bond donors (Lipinski definition) is 1. The molecule has 0 saturated carbocycles. The van der Waals surface area contributed by atoms with Crippen LogP contribution in [0, 0.1) is 6.92 Å². The van der Waals surface area contributed by atoms with Crippen LogP contribution in [0.1, 0.15) is 48.3 Å². The number of rotatable bonds is 8. The number of benzene rings is 1. The highest BCUT2D eigenvalue weighted by atomic mass is 16.5. The Bertz CT molecular complexity index is 811. The molecule has 156 valence electrons. The molecular formula is C22H28N2O5. The van der Waals surface area contributed by atoms with Gasteiger partial charge >= 0.3 is 5.97 Å². The molecule has 0 aliphatic carbocycles. The number of aromatic nitrogens is 1. The van der Waals surface area contributed by atoms with E-state index in [9.17, 15) is 9.59 Å². The van der Waals surface area contributed by atoms with E-state index in [2.05, 4.69) is 10.3 Å². The monoisotopic (exact) mass is 400 g/mol. The van der Waals surface area contributed by atoms with Crippen LogP contribution in [0.25, 0.3) is 0 Å². The number of carbonyl (C=O) groups is 2. The third-order valence-corrected chi connectivity index (χ3v) is 3.99. The van der Waals surface area contributed by atoms with Gasteiger partial charge in [0.15, 0.2) is 6.04 Å². The number of methoxy groups -OCH3 is 1. The zero-order valence-corrected chi connectivity index (χ0v) is 17.5. The Morgan fingerprint density at radius 2 is 1.76 bits per heavy atom. The fraction of sp³-hybridized carbons (Fsp3) is 0.409. The van der Waals surface area contributed by atoms with Gasteiger partial charge in [0.1, 0.15) is 6.61 Å². The van der Waals surface area contributed by atoms with Gasteiger partial charge < -0.3 is 19.5 Å². The third kappa shape index (κ3) is 7.19. The van der Waals surface area contributed by atoms with Crippen LogP contribution in [0.2, 0.25) is 0 Å². The van der Waals surface area contributed by atoms with Gasteiger partial charge in [-0.2, -0.15) is 0 Å². The molecule has 1 atom stereocenters. The number of hydrogen-bond acceptors (Lipinski definition) is 6. The summed E-state index contributed by atoms with van der Waals surface area (Å²) < 4.78 is 15.9. The van der Waals surface area contributed by atoms with Crippen LogP contribution in [-0.4, -0.2) is 42.8 Å². The second kappa shape index (κ2) is 10.0. The molecule has 0 aliphatic heterocycles. The highest BCUT2D eigenvalue weighted by Gasteiger charge is 2.24. The second-order valence-corrected chi connectivity index (χ2v) is 7.53. The SMILES string of the molecule is COC(=O)C(NC(=O)c1ccc(OCCOC(C)(C)C)nc1)c1ccc(C)cc1. The Kier molecular flexibility index (Phi) is 7.73. The first-order valence-electron chi connectivity index (χ1n) is 9.37. The first-order chi connectivity index (χ1) is 13.7. The van der Waals surface area contributed by atoms with Crippen molar-refractivity contribution in [1.82, 2.24) is 10.3 Å². The molecule has 1 aromatic carbocycles. The van der Waals surface area contributed by atoms with E-state index in [1.165, 1.54) is 13.3 Å². The lowest BCUT2D eigenvalue weighted by molar-refractivity contribution is -0.143. The number of nitrogens with zero attached hydrogens (tertiary/aromatic N) is 1. The predicted molar refractivity (Wildman–Crippen MR) is 109 cm³/mol. The van der Waals surface area contributed by atoms with Crippen LogP contribution in [0.15, 0.2) is 42.6 Å². The summed E-state index contributed by atoms with van der Waals surface area (Å²) in [6.45, 7) is 8.64. The molecule has 2 aromatic rings. The highest BCUT2D eigenvalue weighted by Crippen LogP contribution is 2.17. The minimum absolute atomic E-state index is 0.230. The maximum Gasteiger partial charge on any atom is 0.333 e. The van der Waals surface area contributed by atoms with Gasteiger partial charge in [-0.25, -0.2) is 9.78 Å². The number of esters is 1. The zero-order valence-electron chi connectivity index (χ0n) is 17.5. The molecule has 0 aliphatic rings. The fourth-order valence-electron chi connectivity index (χ4n) is 2.46. The summed E-state index contributed by atoms with van der Waals surface area (Å²) in [5.41, 5.74) is 1.77. The Morgan fingerprint density at radius 1 is 1.07 bits per heavy atom. The summed E-state index contributed by atoms with van der Waals surface area (Å²) in [6, 6.07) is 9.59. The quantitative estimate of drug-likeness (QED) is 0.541. The molecular weight excluding hydrogens is 372 g/mol. The van der Waals surface area contributed by atoms with Crippen molar-refractivity contribution in [3.05, 3.63) is 59.3 Å². The molecule has 1 unspecified atom stereocenters. The second-order valence-electron chi connectivity index (χ2n) is 7.53. The molecule has 1 amide bonds. The van der Waals surface area contributed by atoms with E-state index in [0.29, 0.717) is 30.2 Å². The van der Waals surface area contributed by atoms with Crippen LogP contribution >= 0.6 is 0 Å². The minimum atomic E-state index is -0.904. The molecule has 0 spiro atoms. The summed E-state index contributed by atoms with van der Waals surface area (Å²) in [5.74, 6) is -0.591. The Hall–Kier alpha value is -2.93. The molecule has 0 bridgehead atoms. The summed E-state index contributed by atoms with van der Waals surface area (Å²) in [7, 11) is 1.28. The van der Waals surface area contributed by atoms with Gasteiger partial charge in [0, 0.05) is 12.3 Å². The van der Waals surface area contributed by atoms with Gasteiger partial charge in [-0.3, -0.25) is 4.79 Å². The lowest BCUT2D eigenvalue weighted by Gasteiger charge is -2.19. The Morgan fingerprint density at radius 3 is 2.31 bits per heavy atom. The normalized spacial score (nSPS) is 12.2. The smallest absolute Gasteiger partial charge is 0.333 e. The van der Waals surface area contributed by atoms with Gasteiger partial charge in [-0.15, -0.1) is 0 Å². The van der Waals surface area contributed by atoms with Crippen molar-refractivity contribution < 1.29 is 23.8 Å². The first-order valence-corrected chi connectivity index (χ1v) is 9.37. The largest absolute Gasteiger partial charge is 0.475 e. The minimum Gasteiger partial charge on any atom is -0.475 e. The van der Waals surface area contributed by atoms with Crippen molar-refractivity contribution in [2.45, 2.75) is 39.3 Å². The molecule has 29 heavy (non-hydrogen) atoms. The van der Waals surface area contributed by atoms with E-state index < -0.39 is 17.9 Å². The zero-order chi connectivity index (χ0) is 21.4. The average Bonchev–Trinajstić information content (AvgIpc) is 2.69. The number of amides is 1. The Balaban J connectivity index is 1.99. The van der Waals surface area contributed by atoms with Crippen molar-refractivity contribution in [2.24, 2.45) is 0 Å². The van der Waals surface area contributed by atoms with Crippen molar-refractivity contribution in [1.29, 1.82) is 0 Å². The van der Waals surface area contributed by atoms with Gasteiger partial charge in [-0.05, 0) is 39.3 Å². The molecule has 7 heteroatoms. The lowest BCUT2D eigenvalue weighted by atomic mass is 10.0. The van der Waals surface area contributed by atoms with Crippen LogP contribution in [0.4, 0.5) is 0 Å². The van der Waals surface area contributed by atoms with E-state index in [-0.39, 0.29) is 5.60 Å². The highest BCUT2D eigenvalue weighted by molar-refractivity contribution is 5.96. The van der Waals surface area contributed by atoms with Gasteiger partial charge in [0.2, 0.25) is 5.88 Å². The fourth-order valence-corrected chi connectivity index (χ4v) is 2.46. The molecule has 7 nitrogen and oxygen atoms in total. The van der Waals surface area contributed by atoms with E-state index in [4.69, 9.17) is 14.2 Å². The number of ether oxygens (including phenoxy) is 3. The third-order valence-electron chi connectivity index (χ3n) is 3.99. The van der Waals surface area contributed by atoms with Crippen LogP contribution in [0.5, 0.6) is 5.88 Å². The van der Waals surface area contributed by atoms with E-state index in [0.717, 1.165) is 5.56 Å². The molecule has 1 heterocycles. The standard InChI is InChI=1S/C22H28N2O5/c1-15-6-8-16(9-7-15)19(21(26)27-5)24-20(25)17-10-11-18(23-14-17)28-12-13-29-22(2,3)4/h6-11,14,19H,12-13H2,1-5H3,(H,24,25). The lowest BCUT2D eigenvalue weighted by Crippen LogP contribution is -2.34. The average molecular weight is 400 g/mol. The van der Waals surface area contributed by atoms with E-state index >= 15 is 0 Å². The van der Waals surface area contributed by atoms with Crippen LogP contribution in [-0.2, 0) is 14.3 Å². The summed E-state index contributed by atoms with van der Waals surface area (Å²) in [4.78, 5) is 28.9. The maximum atomic E-state index is 12.6. The summed E-state index contributed by atoms with van der Waals surface area (Å²) >= 11 is 0. The van der Waals surface area contributed by atoms with E-state index in [1.807, 2.05) is 39.8 Å². The van der Waals surface area contributed by atoms with Gasteiger partial charge in [0.25, 0.3) is 5.91 Å². The molecule has 1 aromatic heterocycles. The van der Waals surface area contributed by atoms with Gasteiger partial charge in [-0.1, -0.05) is 29.8 Å². The van der Waals surface area contributed by atoms with Crippen molar-refractivity contribution in [3.63, 3.8) is 0 Å². The number of nitrogens with one attached hydrogen (secondary N) is 1. The number of aryl methyl sites for hydroxylation is 1. The molecule has 2 rings (SSSR count). The molecule has 0 radical (unpaired) electrons.